The summed E-state index contributed by atoms with van der Waals surface area (Å²) >= 11 is 0. The minimum absolute atomic E-state index is 0.000492. The molecule has 0 N–H and O–H groups in total. The Kier molecular flexibility index (Phi) is 7.43. The average molecular weight is 500 g/mol. The third kappa shape index (κ3) is 6.09. The molecular weight excluding hydrogens is 463 g/mol. The van der Waals surface area contributed by atoms with Crippen LogP contribution in [0.25, 0.3) is 0 Å². The Balaban J connectivity index is 1.99. The highest BCUT2D eigenvalue weighted by Crippen LogP contribution is 2.61. The molecule has 4 aromatic rings. The summed E-state index contributed by atoms with van der Waals surface area (Å²) in [4.78, 5) is 0. The maximum Gasteiger partial charge on any atom is 0.580 e. The van der Waals surface area contributed by atoms with Gasteiger partial charge in [-0.25, -0.2) is 0 Å². The van der Waals surface area contributed by atoms with Gasteiger partial charge in [0.25, 0.3) is 0 Å². The van der Waals surface area contributed by atoms with Gasteiger partial charge in [0.2, 0.25) is 5.30 Å². The predicted molar refractivity (Wildman–Crippen MR) is 152 cm³/mol. The lowest BCUT2D eigenvalue weighted by Gasteiger charge is -2.30. The number of para-hydroxylation sites is 3. The van der Waals surface area contributed by atoms with E-state index in [1.807, 2.05) is 91.0 Å². The molecule has 0 atom stereocenters. The van der Waals surface area contributed by atoms with Gasteiger partial charge >= 0.3 is 7.94 Å². The molecule has 36 heavy (non-hydrogen) atoms. The van der Waals surface area contributed by atoms with E-state index in [0.717, 1.165) is 10.9 Å². The summed E-state index contributed by atoms with van der Waals surface area (Å²) in [7, 11) is -3.22. The van der Waals surface area contributed by atoms with Crippen LogP contribution in [0.1, 0.15) is 52.7 Å². The fourth-order valence-corrected chi connectivity index (χ4v) is 6.46. The van der Waals surface area contributed by atoms with Crippen molar-refractivity contribution < 1.29 is 13.6 Å². The maximum absolute atomic E-state index is 6.82. The molecule has 0 aliphatic rings. The van der Waals surface area contributed by atoms with Crippen LogP contribution in [0.4, 0.5) is 0 Å². The lowest BCUT2D eigenvalue weighted by molar-refractivity contribution is 0.368. The molecule has 0 saturated carbocycles. The second-order valence-corrected chi connectivity index (χ2v) is 13.0. The van der Waals surface area contributed by atoms with Gasteiger partial charge in [0.05, 0.1) is 0 Å². The van der Waals surface area contributed by atoms with Crippen molar-refractivity contribution in [2.75, 3.05) is 0 Å². The lowest BCUT2D eigenvalue weighted by atomic mass is 9.81. The van der Waals surface area contributed by atoms with E-state index in [9.17, 15) is 0 Å². The summed E-state index contributed by atoms with van der Waals surface area (Å²) in [5, 5.41) is 0.930. The smallest absolute Gasteiger partial charge is 0.268 e. The van der Waals surface area contributed by atoms with Crippen molar-refractivity contribution in [2.45, 2.75) is 52.4 Å². The van der Waals surface area contributed by atoms with Crippen LogP contribution in [-0.4, -0.2) is 0 Å². The number of rotatable bonds is 7. The minimum Gasteiger partial charge on any atom is -0.268 e. The van der Waals surface area contributed by atoms with Gasteiger partial charge in [-0.2, -0.15) is 0 Å². The first-order valence-electron chi connectivity index (χ1n) is 12.4. The van der Waals surface area contributed by atoms with Crippen molar-refractivity contribution in [3.8, 4) is 17.2 Å². The minimum atomic E-state index is -3.22. The fraction of sp³-hybridized carbons (Fsp3) is 0.250. The fourth-order valence-electron chi connectivity index (χ4n) is 3.91. The van der Waals surface area contributed by atoms with E-state index >= 15 is 0 Å². The summed E-state index contributed by atoms with van der Waals surface area (Å²) in [6, 6.07) is 36.0. The van der Waals surface area contributed by atoms with Crippen LogP contribution >= 0.6 is 7.94 Å². The summed E-state index contributed by atoms with van der Waals surface area (Å²) in [6.45, 7) is 13.4. The highest BCUT2D eigenvalue weighted by atomic mass is 31.2. The van der Waals surface area contributed by atoms with E-state index in [1.165, 1.54) is 5.56 Å². The molecule has 0 unspecified atom stereocenters. The second-order valence-electron chi connectivity index (χ2n) is 10.9. The molecule has 186 valence electrons. The molecule has 0 saturated heterocycles. The molecule has 4 heteroatoms. The van der Waals surface area contributed by atoms with Gasteiger partial charge in [0, 0.05) is 5.56 Å². The third-order valence-corrected chi connectivity index (χ3v) is 8.21. The second kappa shape index (κ2) is 10.4. The molecule has 0 aromatic heterocycles. The Morgan fingerprint density at radius 3 is 1.19 bits per heavy atom. The molecule has 3 nitrogen and oxygen atoms in total. The Hall–Kier alpha value is -3.29. The first-order valence-corrected chi connectivity index (χ1v) is 13.9. The standard InChI is InChI=1S/C32H36O3P/c1-31(2,3)25-22-23-30(29(24-25)32(4,5)6)36(33-26-16-10-7-11-17-26,34-27-18-12-8-13-19-27)35-28-20-14-9-15-21-28/h7-24H,1-6H3/q+1. The molecule has 4 rings (SSSR count). The Morgan fingerprint density at radius 2 is 0.861 bits per heavy atom. The van der Waals surface area contributed by atoms with E-state index in [0.29, 0.717) is 17.2 Å². The zero-order valence-corrected chi connectivity index (χ0v) is 23.0. The molecular formula is C32H36O3P+. The van der Waals surface area contributed by atoms with E-state index in [1.54, 1.807) is 0 Å². The van der Waals surface area contributed by atoms with Crippen LogP contribution in [0.2, 0.25) is 0 Å². The predicted octanol–water partition coefficient (Wildman–Crippen LogP) is 8.91. The third-order valence-electron chi connectivity index (χ3n) is 5.87. The van der Waals surface area contributed by atoms with Gasteiger partial charge < -0.3 is 0 Å². The Bertz CT molecular complexity index is 1160. The van der Waals surface area contributed by atoms with Gasteiger partial charge in [-0.15, -0.1) is 0 Å². The molecule has 0 aliphatic carbocycles. The van der Waals surface area contributed by atoms with Crippen molar-refractivity contribution in [1.82, 2.24) is 0 Å². The monoisotopic (exact) mass is 499 g/mol. The highest BCUT2D eigenvalue weighted by Gasteiger charge is 2.56. The molecule has 0 fully saturated rings. The molecule has 0 radical (unpaired) electrons. The van der Waals surface area contributed by atoms with E-state index in [-0.39, 0.29) is 10.8 Å². The van der Waals surface area contributed by atoms with Crippen molar-refractivity contribution in [1.29, 1.82) is 0 Å². The van der Waals surface area contributed by atoms with Crippen molar-refractivity contribution in [3.63, 3.8) is 0 Å². The first-order chi connectivity index (χ1) is 17.1. The molecule has 0 amide bonds. The van der Waals surface area contributed by atoms with Crippen molar-refractivity contribution >= 4 is 13.2 Å². The van der Waals surface area contributed by atoms with E-state index < -0.39 is 7.94 Å². The summed E-state index contributed by atoms with van der Waals surface area (Å²) in [6.07, 6.45) is 0. The Labute approximate surface area is 216 Å². The van der Waals surface area contributed by atoms with E-state index in [2.05, 4.69) is 59.7 Å². The zero-order valence-electron chi connectivity index (χ0n) is 22.1. The summed E-state index contributed by atoms with van der Waals surface area (Å²) < 4.78 is 20.5. The largest absolute Gasteiger partial charge is 0.580 e. The highest BCUT2D eigenvalue weighted by molar-refractivity contribution is 7.70. The first kappa shape index (κ1) is 25.8. The van der Waals surface area contributed by atoms with Crippen LogP contribution in [0.5, 0.6) is 17.2 Å². The van der Waals surface area contributed by atoms with Crippen LogP contribution in [-0.2, 0) is 10.8 Å². The summed E-state index contributed by atoms with van der Waals surface area (Å²) in [5.41, 5.74) is 2.22. The van der Waals surface area contributed by atoms with Gasteiger partial charge in [-0.05, 0) is 58.9 Å². The van der Waals surface area contributed by atoms with Gasteiger partial charge in [-0.1, -0.05) is 108 Å². The maximum atomic E-state index is 6.82. The lowest BCUT2D eigenvalue weighted by Crippen LogP contribution is -2.33. The quantitative estimate of drug-likeness (QED) is 0.238. The summed E-state index contributed by atoms with van der Waals surface area (Å²) in [5.74, 6) is 2.08. The Morgan fingerprint density at radius 1 is 0.472 bits per heavy atom. The number of benzene rings is 4. The van der Waals surface area contributed by atoms with Crippen molar-refractivity contribution in [2.24, 2.45) is 0 Å². The SMILES string of the molecule is CC(C)(C)c1ccc([P+](Oc2ccccc2)(Oc2ccccc2)Oc2ccccc2)c(C(C)(C)C)c1. The van der Waals surface area contributed by atoms with Gasteiger partial charge in [0.1, 0.15) is 0 Å². The van der Waals surface area contributed by atoms with Crippen LogP contribution in [0.3, 0.4) is 0 Å². The van der Waals surface area contributed by atoms with Crippen molar-refractivity contribution in [3.05, 3.63) is 120 Å². The molecule has 0 aliphatic heterocycles. The molecule has 0 heterocycles. The normalized spacial score (nSPS) is 12.2. The molecule has 0 bridgehead atoms. The number of hydrogen-bond donors (Lipinski definition) is 0. The number of hydrogen-bond acceptors (Lipinski definition) is 3. The zero-order chi connectivity index (χ0) is 25.8. The molecule has 4 aromatic carbocycles. The van der Waals surface area contributed by atoms with Gasteiger partial charge in [-0.3, -0.25) is 13.6 Å². The molecule has 0 spiro atoms. The van der Waals surface area contributed by atoms with Gasteiger partial charge in [0.15, 0.2) is 17.2 Å². The van der Waals surface area contributed by atoms with Crippen LogP contribution in [0.15, 0.2) is 109 Å². The van der Waals surface area contributed by atoms with Crippen LogP contribution in [0, 0.1) is 0 Å². The van der Waals surface area contributed by atoms with E-state index in [4.69, 9.17) is 13.6 Å². The van der Waals surface area contributed by atoms with Crippen LogP contribution < -0.4 is 18.9 Å². The topological polar surface area (TPSA) is 27.7 Å². The average Bonchev–Trinajstić information content (AvgIpc) is 2.84.